The summed E-state index contributed by atoms with van der Waals surface area (Å²) in [5.74, 6) is 0.929. The second-order valence-corrected chi connectivity index (χ2v) is 5.70. The molecule has 1 N–H and O–H groups in total. The van der Waals surface area contributed by atoms with Crippen molar-refractivity contribution in [3.05, 3.63) is 12.4 Å². The van der Waals surface area contributed by atoms with Crippen molar-refractivity contribution in [1.82, 2.24) is 9.55 Å². The number of methoxy groups -OCH3 is 1. The largest absolute Gasteiger partial charge is 0.383 e. The molecule has 0 spiro atoms. The maximum absolute atomic E-state index is 5.16. The normalized spacial score (nSPS) is 13.7. The molecule has 0 aliphatic heterocycles. The van der Waals surface area contributed by atoms with Gasteiger partial charge in [0.1, 0.15) is 0 Å². The SMILES string of the molecule is COCC(C)n1ccnc1NCCC(C)(C)C. The van der Waals surface area contributed by atoms with Crippen LogP contribution in [0, 0.1) is 5.41 Å². The maximum atomic E-state index is 5.16. The van der Waals surface area contributed by atoms with Gasteiger partial charge in [-0.25, -0.2) is 4.98 Å². The molecule has 0 aliphatic carbocycles. The van der Waals surface area contributed by atoms with E-state index < -0.39 is 0 Å². The monoisotopic (exact) mass is 239 g/mol. The number of hydrogen-bond donors (Lipinski definition) is 1. The molecular formula is C13H25N3O. The number of aromatic nitrogens is 2. The first-order valence-corrected chi connectivity index (χ1v) is 6.19. The van der Waals surface area contributed by atoms with Crippen LogP contribution >= 0.6 is 0 Å². The van der Waals surface area contributed by atoms with Crippen molar-refractivity contribution in [2.24, 2.45) is 5.41 Å². The van der Waals surface area contributed by atoms with Gasteiger partial charge in [-0.2, -0.15) is 0 Å². The molecule has 1 rings (SSSR count). The molecule has 0 saturated heterocycles. The van der Waals surface area contributed by atoms with Gasteiger partial charge in [-0.3, -0.25) is 0 Å². The minimum absolute atomic E-state index is 0.305. The van der Waals surface area contributed by atoms with Crippen LogP contribution in [0.5, 0.6) is 0 Å². The lowest BCUT2D eigenvalue weighted by Gasteiger charge is -2.20. The van der Waals surface area contributed by atoms with Crippen LogP contribution < -0.4 is 5.32 Å². The maximum Gasteiger partial charge on any atom is 0.203 e. The van der Waals surface area contributed by atoms with E-state index in [1.54, 1.807) is 7.11 Å². The topological polar surface area (TPSA) is 39.1 Å². The Labute approximate surface area is 104 Å². The van der Waals surface area contributed by atoms with Crippen molar-refractivity contribution < 1.29 is 4.74 Å². The summed E-state index contributed by atoms with van der Waals surface area (Å²) in [5.41, 5.74) is 0.350. The van der Waals surface area contributed by atoms with Gasteiger partial charge < -0.3 is 14.6 Å². The van der Waals surface area contributed by atoms with Crippen LogP contribution in [-0.2, 0) is 4.74 Å². The highest BCUT2D eigenvalue weighted by molar-refractivity contribution is 5.26. The summed E-state index contributed by atoms with van der Waals surface area (Å²) in [6.07, 6.45) is 4.94. The highest BCUT2D eigenvalue weighted by atomic mass is 16.5. The Morgan fingerprint density at radius 2 is 2.18 bits per heavy atom. The summed E-state index contributed by atoms with van der Waals surface area (Å²) in [5, 5.41) is 3.39. The fourth-order valence-electron chi connectivity index (χ4n) is 1.68. The molecule has 1 aromatic heterocycles. The van der Waals surface area contributed by atoms with E-state index in [0.29, 0.717) is 18.1 Å². The molecule has 0 aliphatic rings. The molecule has 0 radical (unpaired) electrons. The van der Waals surface area contributed by atoms with E-state index in [-0.39, 0.29) is 0 Å². The number of nitrogens with zero attached hydrogens (tertiary/aromatic N) is 2. The second-order valence-electron chi connectivity index (χ2n) is 5.70. The molecule has 0 saturated carbocycles. The molecule has 17 heavy (non-hydrogen) atoms. The zero-order valence-electron chi connectivity index (χ0n) is 11.7. The van der Waals surface area contributed by atoms with Gasteiger partial charge >= 0.3 is 0 Å². The summed E-state index contributed by atoms with van der Waals surface area (Å²) in [7, 11) is 1.72. The number of ether oxygens (including phenoxy) is 1. The van der Waals surface area contributed by atoms with Crippen molar-refractivity contribution in [1.29, 1.82) is 0 Å². The third-order valence-corrected chi connectivity index (χ3v) is 2.71. The van der Waals surface area contributed by atoms with E-state index in [1.165, 1.54) is 0 Å². The van der Waals surface area contributed by atoms with Gasteiger partial charge in [-0.1, -0.05) is 20.8 Å². The first-order chi connectivity index (χ1) is 7.94. The first kappa shape index (κ1) is 14.0. The molecule has 0 aromatic carbocycles. The molecule has 0 fully saturated rings. The molecule has 1 unspecified atom stereocenters. The van der Waals surface area contributed by atoms with Gasteiger partial charge in [0.2, 0.25) is 5.95 Å². The van der Waals surface area contributed by atoms with Gasteiger partial charge in [0.05, 0.1) is 12.6 Å². The predicted molar refractivity (Wildman–Crippen MR) is 71.4 cm³/mol. The van der Waals surface area contributed by atoms with Crippen LogP contribution in [0.1, 0.15) is 40.2 Å². The zero-order chi connectivity index (χ0) is 12.9. The summed E-state index contributed by atoms with van der Waals surface area (Å²) >= 11 is 0. The summed E-state index contributed by atoms with van der Waals surface area (Å²) < 4.78 is 7.28. The smallest absolute Gasteiger partial charge is 0.203 e. The lowest BCUT2D eigenvalue weighted by atomic mass is 9.92. The number of anilines is 1. The molecule has 1 aromatic rings. The highest BCUT2D eigenvalue weighted by Crippen LogP contribution is 2.19. The van der Waals surface area contributed by atoms with Crippen LogP contribution in [0.15, 0.2) is 12.4 Å². The average molecular weight is 239 g/mol. The van der Waals surface area contributed by atoms with Gasteiger partial charge in [0.15, 0.2) is 0 Å². The van der Waals surface area contributed by atoms with Crippen LogP contribution in [0.4, 0.5) is 5.95 Å². The third-order valence-electron chi connectivity index (χ3n) is 2.71. The fourth-order valence-corrected chi connectivity index (χ4v) is 1.68. The van der Waals surface area contributed by atoms with E-state index in [2.05, 4.69) is 42.6 Å². The molecule has 4 nitrogen and oxygen atoms in total. The Morgan fingerprint density at radius 1 is 1.47 bits per heavy atom. The summed E-state index contributed by atoms with van der Waals surface area (Å²) in [6.45, 7) is 10.5. The first-order valence-electron chi connectivity index (χ1n) is 6.19. The Balaban J connectivity index is 2.51. The lowest BCUT2D eigenvalue weighted by molar-refractivity contribution is 0.163. The number of hydrogen-bond acceptors (Lipinski definition) is 3. The zero-order valence-corrected chi connectivity index (χ0v) is 11.7. The quantitative estimate of drug-likeness (QED) is 0.829. The van der Waals surface area contributed by atoms with Crippen LogP contribution in [-0.4, -0.2) is 29.8 Å². The van der Waals surface area contributed by atoms with Crippen molar-refractivity contribution >= 4 is 5.95 Å². The molecule has 98 valence electrons. The summed E-state index contributed by atoms with van der Waals surface area (Å²) in [6, 6.07) is 0.305. The number of rotatable bonds is 6. The minimum atomic E-state index is 0.305. The average Bonchev–Trinajstić information content (AvgIpc) is 2.64. The Hall–Kier alpha value is -1.03. The standard InChI is InChI=1S/C13H25N3O/c1-11(10-17-5)16-9-8-15-12(16)14-7-6-13(2,3)4/h8-9,11H,6-7,10H2,1-5H3,(H,14,15). The van der Waals surface area contributed by atoms with Crippen molar-refractivity contribution in [3.63, 3.8) is 0 Å². The van der Waals surface area contributed by atoms with E-state index in [9.17, 15) is 0 Å². The van der Waals surface area contributed by atoms with E-state index >= 15 is 0 Å². The fraction of sp³-hybridized carbons (Fsp3) is 0.769. The van der Waals surface area contributed by atoms with Gasteiger partial charge in [0, 0.05) is 26.0 Å². The predicted octanol–water partition coefficient (Wildman–Crippen LogP) is 2.94. The van der Waals surface area contributed by atoms with E-state index in [4.69, 9.17) is 4.74 Å². The van der Waals surface area contributed by atoms with Crippen LogP contribution in [0.3, 0.4) is 0 Å². The molecule has 1 atom stereocenters. The van der Waals surface area contributed by atoms with Crippen molar-refractivity contribution in [2.75, 3.05) is 25.6 Å². The van der Waals surface area contributed by atoms with Crippen molar-refractivity contribution in [2.45, 2.75) is 40.2 Å². The van der Waals surface area contributed by atoms with E-state index in [0.717, 1.165) is 18.9 Å². The molecule has 0 amide bonds. The van der Waals surface area contributed by atoms with Gasteiger partial charge in [0.25, 0.3) is 0 Å². The molecule has 4 heteroatoms. The second kappa shape index (κ2) is 6.05. The Bertz CT molecular complexity index is 328. The van der Waals surface area contributed by atoms with Gasteiger partial charge in [-0.05, 0) is 18.8 Å². The summed E-state index contributed by atoms with van der Waals surface area (Å²) in [4.78, 5) is 4.34. The van der Waals surface area contributed by atoms with E-state index in [1.807, 2.05) is 12.4 Å². The van der Waals surface area contributed by atoms with Crippen LogP contribution in [0.2, 0.25) is 0 Å². The highest BCUT2D eigenvalue weighted by Gasteiger charge is 2.12. The Morgan fingerprint density at radius 3 is 2.76 bits per heavy atom. The number of imidazole rings is 1. The third kappa shape index (κ3) is 4.77. The molecular weight excluding hydrogens is 214 g/mol. The number of nitrogens with one attached hydrogen (secondary N) is 1. The minimum Gasteiger partial charge on any atom is -0.383 e. The lowest BCUT2D eigenvalue weighted by Crippen LogP contribution is -2.17. The van der Waals surface area contributed by atoms with Crippen LogP contribution in [0.25, 0.3) is 0 Å². The molecule has 1 heterocycles. The molecule has 0 bridgehead atoms. The van der Waals surface area contributed by atoms with Gasteiger partial charge in [-0.15, -0.1) is 0 Å². The Kier molecular flexibility index (Phi) is 5.00. The van der Waals surface area contributed by atoms with Crippen molar-refractivity contribution in [3.8, 4) is 0 Å².